The van der Waals surface area contributed by atoms with Crippen molar-refractivity contribution in [1.29, 1.82) is 0 Å². The summed E-state index contributed by atoms with van der Waals surface area (Å²) in [6.45, 7) is 7.80. The van der Waals surface area contributed by atoms with E-state index in [2.05, 4.69) is 70.7 Å². The maximum atomic E-state index is 5.76. The van der Waals surface area contributed by atoms with Crippen LogP contribution in [0.25, 0.3) is 5.69 Å². The van der Waals surface area contributed by atoms with Crippen molar-refractivity contribution in [3.8, 4) is 11.4 Å². The number of ether oxygens (including phenoxy) is 1. The number of nitrogens with zero attached hydrogens (tertiary/aromatic N) is 4. The second kappa shape index (κ2) is 10.4. The molecule has 0 spiro atoms. The molecule has 7 nitrogen and oxygen atoms in total. The van der Waals surface area contributed by atoms with Crippen molar-refractivity contribution in [2.45, 2.75) is 33.4 Å². The van der Waals surface area contributed by atoms with E-state index in [0.717, 1.165) is 29.6 Å². The largest absolute Gasteiger partial charge is 0.493 e. The average molecular weight is 407 g/mol. The fourth-order valence-electron chi connectivity index (χ4n) is 2.89. The molecule has 158 valence electrons. The fourth-order valence-corrected chi connectivity index (χ4v) is 2.89. The van der Waals surface area contributed by atoms with Gasteiger partial charge in [0, 0.05) is 13.6 Å². The minimum atomic E-state index is 0.116. The summed E-state index contributed by atoms with van der Waals surface area (Å²) >= 11 is 0. The lowest BCUT2D eigenvalue weighted by molar-refractivity contribution is 0.271. The van der Waals surface area contributed by atoms with Gasteiger partial charge in [0.05, 0.1) is 18.3 Å². The van der Waals surface area contributed by atoms with Gasteiger partial charge in [0.1, 0.15) is 18.4 Å². The van der Waals surface area contributed by atoms with Crippen molar-refractivity contribution in [3.63, 3.8) is 0 Å². The van der Waals surface area contributed by atoms with Crippen molar-refractivity contribution in [3.05, 3.63) is 72.3 Å². The highest BCUT2D eigenvalue weighted by Crippen LogP contribution is 2.18. The van der Waals surface area contributed by atoms with Crippen molar-refractivity contribution in [2.24, 2.45) is 10.9 Å². The Kier molecular flexibility index (Phi) is 7.43. The Hall–Kier alpha value is -3.35. The van der Waals surface area contributed by atoms with Crippen molar-refractivity contribution < 1.29 is 4.74 Å². The van der Waals surface area contributed by atoms with E-state index in [-0.39, 0.29) is 6.04 Å². The Morgan fingerprint density at radius 1 is 1.07 bits per heavy atom. The average Bonchev–Trinajstić information content (AvgIpc) is 3.30. The van der Waals surface area contributed by atoms with Crippen LogP contribution in [-0.2, 0) is 6.54 Å². The van der Waals surface area contributed by atoms with Crippen LogP contribution in [-0.4, -0.2) is 34.4 Å². The first-order valence-electron chi connectivity index (χ1n) is 10.2. The molecular weight excluding hydrogens is 376 g/mol. The highest BCUT2D eigenvalue weighted by molar-refractivity contribution is 5.80. The molecule has 0 aliphatic heterocycles. The van der Waals surface area contributed by atoms with Gasteiger partial charge in [-0.25, -0.2) is 9.67 Å². The Labute approximate surface area is 178 Å². The number of hydrogen-bond donors (Lipinski definition) is 2. The van der Waals surface area contributed by atoms with Crippen molar-refractivity contribution >= 4 is 5.96 Å². The van der Waals surface area contributed by atoms with E-state index >= 15 is 0 Å². The van der Waals surface area contributed by atoms with E-state index in [1.165, 1.54) is 11.9 Å². The zero-order valence-electron chi connectivity index (χ0n) is 18.0. The van der Waals surface area contributed by atoms with Gasteiger partial charge in [-0.1, -0.05) is 38.1 Å². The van der Waals surface area contributed by atoms with Crippen LogP contribution in [0.3, 0.4) is 0 Å². The summed E-state index contributed by atoms with van der Waals surface area (Å²) in [6, 6.07) is 16.5. The second-order valence-electron chi connectivity index (χ2n) is 7.57. The van der Waals surface area contributed by atoms with Gasteiger partial charge < -0.3 is 15.4 Å². The van der Waals surface area contributed by atoms with Crippen LogP contribution >= 0.6 is 0 Å². The highest BCUT2D eigenvalue weighted by atomic mass is 16.5. The third-order valence-electron chi connectivity index (χ3n) is 4.62. The van der Waals surface area contributed by atoms with E-state index in [1.807, 2.05) is 24.3 Å². The van der Waals surface area contributed by atoms with Crippen LogP contribution in [0.1, 0.15) is 37.9 Å². The molecule has 3 rings (SSSR count). The monoisotopic (exact) mass is 406 g/mol. The van der Waals surface area contributed by atoms with Crippen molar-refractivity contribution in [1.82, 2.24) is 25.4 Å². The molecular formula is C23H30N6O. The summed E-state index contributed by atoms with van der Waals surface area (Å²) in [5, 5.41) is 10.9. The van der Waals surface area contributed by atoms with E-state index in [4.69, 9.17) is 4.74 Å². The van der Waals surface area contributed by atoms with E-state index in [1.54, 1.807) is 18.1 Å². The van der Waals surface area contributed by atoms with Crippen LogP contribution in [0.5, 0.6) is 5.75 Å². The third-order valence-corrected chi connectivity index (χ3v) is 4.62. The first kappa shape index (κ1) is 21.4. The number of benzene rings is 2. The molecule has 1 unspecified atom stereocenters. The molecule has 30 heavy (non-hydrogen) atoms. The first-order valence-corrected chi connectivity index (χ1v) is 10.2. The van der Waals surface area contributed by atoms with E-state index in [9.17, 15) is 0 Å². The Balaban J connectivity index is 1.51. The fraction of sp³-hybridized carbons (Fsp3) is 0.348. The molecule has 0 bridgehead atoms. The van der Waals surface area contributed by atoms with E-state index in [0.29, 0.717) is 12.5 Å². The Bertz CT molecular complexity index is 917. The summed E-state index contributed by atoms with van der Waals surface area (Å²) in [6.07, 6.45) is 3.21. The van der Waals surface area contributed by atoms with Gasteiger partial charge in [-0.2, -0.15) is 5.10 Å². The summed E-state index contributed by atoms with van der Waals surface area (Å²) in [7, 11) is 1.78. The maximum Gasteiger partial charge on any atom is 0.191 e. The lowest BCUT2D eigenvalue weighted by atomic mass is 10.1. The molecule has 0 saturated heterocycles. The van der Waals surface area contributed by atoms with Gasteiger partial charge in [-0.15, -0.1) is 0 Å². The molecule has 0 amide bonds. The Morgan fingerprint density at radius 2 is 1.80 bits per heavy atom. The Morgan fingerprint density at radius 3 is 2.40 bits per heavy atom. The number of hydrogen-bond acceptors (Lipinski definition) is 4. The molecule has 2 aromatic carbocycles. The first-order chi connectivity index (χ1) is 14.5. The summed E-state index contributed by atoms with van der Waals surface area (Å²) in [5.74, 6) is 2.16. The number of rotatable bonds is 8. The quantitative estimate of drug-likeness (QED) is 0.440. The van der Waals surface area contributed by atoms with Gasteiger partial charge in [-0.3, -0.25) is 4.99 Å². The standard InChI is InChI=1S/C23H30N6O/c1-17(2)14-30-22-11-7-20(8-12-22)18(3)28-23(24-4)26-13-19-5-9-21(10-6-19)29-16-25-15-27-29/h5-12,15-18H,13-14H2,1-4H3,(H2,24,26,28). The van der Waals surface area contributed by atoms with Crippen molar-refractivity contribution in [2.75, 3.05) is 13.7 Å². The molecule has 0 saturated carbocycles. The lowest BCUT2D eigenvalue weighted by Crippen LogP contribution is -2.38. The van der Waals surface area contributed by atoms with Crippen LogP contribution in [0, 0.1) is 5.92 Å². The molecule has 1 atom stereocenters. The smallest absolute Gasteiger partial charge is 0.191 e. The second-order valence-corrected chi connectivity index (χ2v) is 7.57. The molecule has 1 aromatic heterocycles. The molecule has 0 aliphatic rings. The van der Waals surface area contributed by atoms with Crippen LogP contribution in [0.4, 0.5) is 0 Å². The summed E-state index contributed by atoms with van der Waals surface area (Å²) in [5.41, 5.74) is 3.31. The number of guanidine groups is 1. The third kappa shape index (κ3) is 6.07. The zero-order valence-corrected chi connectivity index (χ0v) is 18.0. The van der Waals surface area contributed by atoms with Gasteiger partial charge >= 0.3 is 0 Å². The SMILES string of the molecule is CN=C(NCc1ccc(-n2cncn2)cc1)NC(C)c1ccc(OCC(C)C)cc1. The summed E-state index contributed by atoms with van der Waals surface area (Å²) < 4.78 is 7.49. The maximum absolute atomic E-state index is 5.76. The topological polar surface area (TPSA) is 76.4 Å². The van der Waals surface area contributed by atoms with Gasteiger partial charge in [0.15, 0.2) is 5.96 Å². The minimum Gasteiger partial charge on any atom is -0.493 e. The molecule has 0 radical (unpaired) electrons. The predicted octanol–water partition coefficient (Wildman–Crippen LogP) is 3.73. The van der Waals surface area contributed by atoms with Crippen LogP contribution in [0.15, 0.2) is 66.2 Å². The van der Waals surface area contributed by atoms with Crippen LogP contribution in [0.2, 0.25) is 0 Å². The van der Waals surface area contributed by atoms with Crippen LogP contribution < -0.4 is 15.4 Å². The number of nitrogens with one attached hydrogen (secondary N) is 2. The molecule has 0 aliphatic carbocycles. The minimum absolute atomic E-state index is 0.116. The lowest BCUT2D eigenvalue weighted by Gasteiger charge is -2.19. The predicted molar refractivity (Wildman–Crippen MR) is 120 cm³/mol. The molecule has 2 N–H and O–H groups in total. The normalized spacial score (nSPS) is 12.6. The molecule has 3 aromatic rings. The molecule has 0 fully saturated rings. The van der Waals surface area contributed by atoms with Gasteiger partial charge in [-0.05, 0) is 48.2 Å². The number of aromatic nitrogens is 3. The zero-order chi connectivity index (χ0) is 21.3. The molecule has 1 heterocycles. The van der Waals surface area contributed by atoms with Gasteiger partial charge in [0.2, 0.25) is 0 Å². The molecule has 7 heteroatoms. The van der Waals surface area contributed by atoms with E-state index < -0.39 is 0 Å². The highest BCUT2D eigenvalue weighted by Gasteiger charge is 2.08. The van der Waals surface area contributed by atoms with Gasteiger partial charge in [0.25, 0.3) is 0 Å². The summed E-state index contributed by atoms with van der Waals surface area (Å²) in [4.78, 5) is 8.31. The number of aliphatic imine (C=N–C) groups is 1.